The molecule has 1 aromatic carbocycles. The molecule has 8 nitrogen and oxygen atoms in total. The summed E-state index contributed by atoms with van der Waals surface area (Å²) in [6, 6.07) is 5.51. The van der Waals surface area contributed by atoms with Gasteiger partial charge in [0.15, 0.2) is 5.65 Å². The first-order valence-electron chi connectivity index (χ1n) is 8.35. The molecule has 0 radical (unpaired) electrons. The average Bonchev–Trinajstić information content (AvgIpc) is 2.58. The number of aromatic nitrogens is 4. The Hall–Kier alpha value is -3.00. The topological polar surface area (TPSA) is 95.9 Å². The lowest BCUT2D eigenvalue weighted by Crippen LogP contribution is -2.34. The third kappa shape index (κ3) is 3.36. The first-order chi connectivity index (χ1) is 12.4. The van der Waals surface area contributed by atoms with Crippen LogP contribution >= 0.6 is 0 Å². The zero-order valence-corrected chi connectivity index (χ0v) is 15.3. The molecule has 136 valence electrons. The zero-order valence-electron chi connectivity index (χ0n) is 15.3. The Morgan fingerprint density at radius 3 is 2.73 bits per heavy atom. The predicted molar refractivity (Wildman–Crippen MR) is 102 cm³/mol. The van der Waals surface area contributed by atoms with E-state index >= 15 is 0 Å². The molecular formula is C18H22N6O2. The number of H-pyrrole nitrogens is 1. The molecule has 0 atom stereocenters. The van der Waals surface area contributed by atoms with Crippen molar-refractivity contribution < 1.29 is 0 Å². The first kappa shape index (κ1) is 17.8. The van der Waals surface area contributed by atoms with E-state index in [1.165, 1.54) is 6.20 Å². The van der Waals surface area contributed by atoms with Crippen LogP contribution in [0.15, 0.2) is 34.0 Å². The van der Waals surface area contributed by atoms with Crippen molar-refractivity contribution in [2.45, 2.75) is 13.8 Å². The normalized spacial score (nSPS) is 11.3. The fraction of sp³-hybridized carbons (Fsp3) is 0.333. The monoisotopic (exact) mass is 354 g/mol. The van der Waals surface area contributed by atoms with Gasteiger partial charge < -0.3 is 10.2 Å². The lowest BCUT2D eigenvalue weighted by molar-refractivity contribution is 0.425. The number of likely N-dealkylation sites (N-methyl/N-ethyl adjacent to an activating group) is 1. The van der Waals surface area contributed by atoms with Gasteiger partial charge >= 0.3 is 5.69 Å². The highest BCUT2D eigenvalue weighted by atomic mass is 16.2. The molecule has 3 rings (SSSR count). The van der Waals surface area contributed by atoms with Gasteiger partial charge in [-0.15, -0.1) is 0 Å². The fourth-order valence-corrected chi connectivity index (χ4v) is 2.68. The van der Waals surface area contributed by atoms with Crippen LogP contribution in [-0.4, -0.2) is 51.6 Å². The lowest BCUT2D eigenvalue weighted by Gasteiger charge is -2.12. The molecule has 0 aliphatic carbocycles. The summed E-state index contributed by atoms with van der Waals surface area (Å²) in [6.07, 6.45) is 1.44. The molecule has 0 aliphatic heterocycles. The van der Waals surface area contributed by atoms with Crippen molar-refractivity contribution in [2.75, 3.05) is 32.5 Å². The summed E-state index contributed by atoms with van der Waals surface area (Å²) in [5.41, 5.74) is 1.72. The molecule has 2 aromatic heterocycles. The highest BCUT2D eigenvalue weighted by Crippen LogP contribution is 2.15. The first-order valence-corrected chi connectivity index (χ1v) is 8.35. The maximum absolute atomic E-state index is 12.9. The number of aryl methyl sites for hydroxylation is 1. The number of nitrogens with zero attached hydrogens (tertiary/aromatic N) is 4. The van der Waals surface area contributed by atoms with Gasteiger partial charge in [0.2, 0.25) is 5.95 Å². The van der Waals surface area contributed by atoms with E-state index in [4.69, 9.17) is 0 Å². The summed E-state index contributed by atoms with van der Waals surface area (Å²) < 4.78 is 1.13. The summed E-state index contributed by atoms with van der Waals surface area (Å²) in [6.45, 7) is 5.29. The van der Waals surface area contributed by atoms with Crippen LogP contribution in [0.25, 0.3) is 16.7 Å². The van der Waals surface area contributed by atoms with Gasteiger partial charge in [-0.25, -0.2) is 14.3 Å². The van der Waals surface area contributed by atoms with Crippen LogP contribution < -0.4 is 16.6 Å². The molecule has 0 fully saturated rings. The second kappa shape index (κ2) is 7.09. The number of rotatable bonds is 5. The van der Waals surface area contributed by atoms with Gasteiger partial charge in [0.25, 0.3) is 5.56 Å². The van der Waals surface area contributed by atoms with Crippen molar-refractivity contribution in [3.63, 3.8) is 0 Å². The van der Waals surface area contributed by atoms with Crippen LogP contribution in [0.3, 0.4) is 0 Å². The summed E-state index contributed by atoms with van der Waals surface area (Å²) in [5, 5.41) is 3.34. The van der Waals surface area contributed by atoms with Crippen LogP contribution in [-0.2, 0) is 0 Å². The van der Waals surface area contributed by atoms with Gasteiger partial charge in [0, 0.05) is 19.3 Å². The average molecular weight is 354 g/mol. The number of hydrogen-bond acceptors (Lipinski definition) is 6. The van der Waals surface area contributed by atoms with Crippen LogP contribution in [0.2, 0.25) is 0 Å². The van der Waals surface area contributed by atoms with E-state index in [0.29, 0.717) is 18.2 Å². The van der Waals surface area contributed by atoms with Crippen molar-refractivity contribution >= 4 is 17.0 Å². The number of hydrogen-bond donors (Lipinski definition) is 2. The zero-order chi connectivity index (χ0) is 18.8. The maximum Gasteiger partial charge on any atom is 0.334 e. The van der Waals surface area contributed by atoms with Gasteiger partial charge in [-0.2, -0.15) is 4.98 Å². The molecule has 0 bridgehead atoms. The van der Waals surface area contributed by atoms with Gasteiger partial charge in [-0.1, -0.05) is 12.1 Å². The van der Waals surface area contributed by atoms with Gasteiger partial charge in [0.1, 0.15) is 5.39 Å². The van der Waals surface area contributed by atoms with Gasteiger partial charge in [0.05, 0.1) is 5.69 Å². The second-order valence-electron chi connectivity index (χ2n) is 6.48. The van der Waals surface area contributed by atoms with E-state index in [0.717, 1.165) is 22.2 Å². The second-order valence-corrected chi connectivity index (χ2v) is 6.48. The Morgan fingerprint density at radius 2 is 2.00 bits per heavy atom. The van der Waals surface area contributed by atoms with Crippen molar-refractivity contribution in [1.29, 1.82) is 0 Å². The fourth-order valence-electron chi connectivity index (χ4n) is 2.68. The quantitative estimate of drug-likeness (QED) is 0.711. The van der Waals surface area contributed by atoms with E-state index in [1.54, 1.807) is 6.07 Å². The highest BCUT2D eigenvalue weighted by Gasteiger charge is 2.13. The molecule has 0 saturated heterocycles. The van der Waals surface area contributed by atoms with E-state index in [-0.39, 0.29) is 11.0 Å². The minimum Gasteiger partial charge on any atom is -0.353 e. The molecule has 2 heterocycles. The van der Waals surface area contributed by atoms with Gasteiger partial charge in [-0.3, -0.25) is 9.78 Å². The Labute approximate surface area is 150 Å². The molecule has 0 spiro atoms. The summed E-state index contributed by atoms with van der Waals surface area (Å²) in [4.78, 5) is 38.6. The Bertz CT molecular complexity index is 1070. The molecule has 0 saturated carbocycles. The molecule has 2 N–H and O–H groups in total. The molecule has 8 heteroatoms. The van der Waals surface area contributed by atoms with Crippen molar-refractivity contribution in [3.05, 3.63) is 56.4 Å². The van der Waals surface area contributed by atoms with E-state index in [9.17, 15) is 9.59 Å². The predicted octanol–water partition coefficient (Wildman–Crippen LogP) is 1.06. The Morgan fingerprint density at radius 1 is 1.23 bits per heavy atom. The van der Waals surface area contributed by atoms with Crippen LogP contribution in [0.5, 0.6) is 0 Å². The lowest BCUT2D eigenvalue weighted by atomic mass is 10.1. The minimum absolute atomic E-state index is 0.226. The van der Waals surface area contributed by atoms with Gasteiger partial charge in [-0.05, 0) is 45.1 Å². The standard InChI is InChI=1S/C18H22N6O2/c1-11-6-5-7-14(12(11)2)24-16(25)13-10-20-17(19-8-9-23(3)4)21-15(13)22-18(24)26/h5-7,10H,8-9H2,1-4H3,(H2,19,20,21,22,26). The largest absolute Gasteiger partial charge is 0.353 e. The van der Waals surface area contributed by atoms with E-state index < -0.39 is 11.2 Å². The Balaban J connectivity index is 2.08. The molecule has 0 unspecified atom stereocenters. The maximum atomic E-state index is 12.9. The number of benzene rings is 1. The highest BCUT2D eigenvalue weighted by molar-refractivity contribution is 5.73. The molecule has 0 amide bonds. The smallest absolute Gasteiger partial charge is 0.334 e. The van der Waals surface area contributed by atoms with E-state index in [2.05, 4.69) is 20.3 Å². The van der Waals surface area contributed by atoms with Crippen molar-refractivity contribution in [2.24, 2.45) is 0 Å². The van der Waals surface area contributed by atoms with Crippen molar-refractivity contribution in [3.8, 4) is 5.69 Å². The number of nitrogens with one attached hydrogen (secondary N) is 2. The third-order valence-corrected chi connectivity index (χ3v) is 4.31. The number of aromatic amines is 1. The van der Waals surface area contributed by atoms with E-state index in [1.807, 2.05) is 45.0 Å². The molecule has 3 aromatic rings. The van der Waals surface area contributed by atoms with Crippen LogP contribution in [0.4, 0.5) is 5.95 Å². The van der Waals surface area contributed by atoms with Crippen molar-refractivity contribution in [1.82, 2.24) is 24.4 Å². The summed E-state index contributed by atoms with van der Waals surface area (Å²) in [5.74, 6) is 0.374. The van der Waals surface area contributed by atoms with Crippen LogP contribution in [0, 0.1) is 13.8 Å². The van der Waals surface area contributed by atoms with Crippen LogP contribution in [0.1, 0.15) is 11.1 Å². The Kier molecular flexibility index (Phi) is 4.85. The summed E-state index contributed by atoms with van der Waals surface area (Å²) in [7, 11) is 3.94. The number of fused-ring (bicyclic) bond motifs is 1. The summed E-state index contributed by atoms with van der Waals surface area (Å²) >= 11 is 0. The molecule has 0 aliphatic rings. The third-order valence-electron chi connectivity index (χ3n) is 4.31. The molecule has 26 heavy (non-hydrogen) atoms. The number of anilines is 1. The minimum atomic E-state index is -0.519. The molecular weight excluding hydrogens is 332 g/mol. The SMILES string of the molecule is Cc1cccc(-n2c(=O)[nH]c3nc(NCCN(C)C)ncc3c2=O)c1C.